The fraction of sp³-hybridized carbons (Fsp3) is 0. The number of carbonyl (C=O) groups is 1. The summed E-state index contributed by atoms with van der Waals surface area (Å²) in [6.45, 7) is 0. The SMILES string of the molecule is O=C(Nc1cc(S(=O)(=O)Nc2cccc(Cl)c2)ccc1O)c1cccc(F)c1. The molecule has 6 nitrogen and oxygen atoms in total. The second kappa shape index (κ2) is 7.87. The van der Waals surface area contributed by atoms with Crippen LogP contribution in [-0.2, 0) is 10.0 Å². The third kappa shape index (κ3) is 4.59. The molecule has 3 aromatic rings. The van der Waals surface area contributed by atoms with Crippen molar-refractivity contribution >= 4 is 38.9 Å². The van der Waals surface area contributed by atoms with Crippen molar-refractivity contribution in [2.45, 2.75) is 4.90 Å². The molecule has 0 saturated heterocycles. The number of anilines is 2. The van der Waals surface area contributed by atoms with Gasteiger partial charge in [-0.25, -0.2) is 12.8 Å². The minimum Gasteiger partial charge on any atom is -0.506 e. The zero-order valence-corrected chi connectivity index (χ0v) is 15.8. The third-order valence-electron chi connectivity index (χ3n) is 3.69. The highest BCUT2D eigenvalue weighted by molar-refractivity contribution is 7.92. The predicted molar refractivity (Wildman–Crippen MR) is 105 cm³/mol. The Kier molecular flexibility index (Phi) is 5.53. The van der Waals surface area contributed by atoms with Crippen LogP contribution >= 0.6 is 11.6 Å². The second-order valence-corrected chi connectivity index (χ2v) is 7.88. The molecule has 0 spiro atoms. The van der Waals surface area contributed by atoms with Crippen molar-refractivity contribution in [2.24, 2.45) is 0 Å². The van der Waals surface area contributed by atoms with Crippen LogP contribution in [0.25, 0.3) is 0 Å². The molecule has 0 aliphatic heterocycles. The summed E-state index contributed by atoms with van der Waals surface area (Å²) >= 11 is 5.85. The first-order valence-corrected chi connectivity index (χ1v) is 9.79. The van der Waals surface area contributed by atoms with E-state index in [4.69, 9.17) is 11.6 Å². The summed E-state index contributed by atoms with van der Waals surface area (Å²) in [5.74, 6) is -1.64. The number of halogens is 2. The molecule has 0 aliphatic carbocycles. The zero-order chi connectivity index (χ0) is 20.3. The third-order valence-corrected chi connectivity index (χ3v) is 5.30. The van der Waals surface area contributed by atoms with E-state index >= 15 is 0 Å². The highest BCUT2D eigenvalue weighted by Gasteiger charge is 2.18. The van der Waals surface area contributed by atoms with Crippen molar-refractivity contribution in [2.75, 3.05) is 10.0 Å². The van der Waals surface area contributed by atoms with Crippen LogP contribution in [0.1, 0.15) is 10.4 Å². The van der Waals surface area contributed by atoms with Gasteiger partial charge in [0, 0.05) is 10.6 Å². The molecule has 1 amide bonds. The van der Waals surface area contributed by atoms with Gasteiger partial charge in [-0.1, -0.05) is 23.7 Å². The van der Waals surface area contributed by atoms with Crippen LogP contribution in [0.2, 0.25) is 5.02 Å². The lowest BCUT2D eigenvalue weighted by Gasteiger charge is -2.12. The first-order chi connectivity index (χ1) is 13.2. The van der Waals surface area contributed by atoms with Gasteiger partial charge in [-0.15, -0.1) is 0 Å². The summed E-state index contributed by atoms with van der Waals surface area (Å²) in [7, 11) is -4.01. The highest BCUT2D eigenvalue weighted by Crippen LogP contribution is 2.28. The van der Waals surface area contributed by atoms with Gasteiger partial charge in [0.15, 0.2) is 0 Å². The normalized spacial score (nSPS) is 11.1. The molecule has 0 radical (unpaired) electrons. The van der Waals surface area contributed by atoms with E-state index in [-0.39, 0.29) is 27.6 Å². The molecule has 0 heterocycles. The fourth-order valence-corrected chi connectivity index (χ4v) is 3.64. The summed E-state index contributed by atoms with van der Waals surface area (Å²) in [4.78, 5) is 12.0. The number of phenols is 1. The Balaban J connectivity index is 1.87. The number of aromatic hydroxyl groups is 1. The molecule has 0 bridgehead atoms. The van der Waals surface area contributed by atoms with Crippen molar-refractivity contribution in [1.82, 2.24) is 0 Å². The van der Waals surface area contributed by atoms with Crippen molar-refractivity contribution in [3.8, 4) is 5.75 Å². The van der Waals surface area contributed by atoms with E-state index in [1.54, 1.807) is 12.1 Å². The largest absolute Gasteiger partial charge is 0.506 e. The Labute approximate surface area is 165 Å². The Bertz CT molecular complexity index is 1150. The van der Waals surface area contributed by atoms with Gasteiger partial charge in [-0.3, -0.25) is 9.52 Å². The number of rotatable bonds is 5. The van der Waals surface area contributed by atoms with Crippen LogP contribution in [0, 0.1) is 5.82 Å². The van der Waals surface area contributed by atoms with Crippen molar-refractivity contribution < 1.29 is 22.7 Å². The fourth-order valence-electron chi connectivity index (χ4n) is 2.37. The summed E-state index contributed by atoms with van der Waals surface area (Å²) in [5, 5.41) is 12.7. The summed E-state index contributed by atoms with van der Waals surface area (Å²) in [6.07, 6.45) is 0. The smallest absolute Gasteiger partial charge is 0.261 e. The predicted octanol–water partition coefficient (Wildman–Crippen LogP) is 4.24. The van der Waals surface area contributed by atoms with Crippen LogP contribution in [0.15, 0.2) is 71.6 Å². The van der Waals surface area contributed by atoms with Crippen LogP contribution in [0.4, 0.5) is 15.8 Å². The molecular weight excluding hydrogens is 407 g/mol. The van der Waals surface area contributed by atoms with E-state index in [0.717, 1.165) is 18.2 Å². The maximum Gasteiger partial charge on any atom is 0.261 e. The lowest BCUT2D eigenvalue weighted by Crippen LogP contribution is -2.15. The average Bonchev–Trinajstić information content (AvgIpc) is 2.63. The monoisotopic (exact) mass is 420 g/mol. The molecule has 3 aromatic carbocycles. The molecule has 0 saturated carbocycles. The number of nitrogens with one attached hydrogen (secondary N) is 2. The molecule has 3 N–H and O–H groups in total. The molecule has 0 unspecified atom stereocenters. The van der Waals surface area contributed by atoms with E-state index in [2.05, 4.69) is 10.0 Å². The van der Waals surface area contributed by atoms with Crippen molar-refractivity contribution in [1.29, 1.82) is 0 Å². The van der Waals surface area contributed by atoms with Gasteiger partial charge in [0.2, 0.25) is 0 Å². The van der Waals surface area contributed by atoms with E-state index < -0.39 is 21.7 Å². The van der Waals surface area contributed by atoms with Crippen LogP contribution in [0.5, 0.6) is 5.75 Å². The molecule has 9 heteroatoms. The van der Waals surface area contributed by atoms with E-state index in [1.165, 1.54) is 36.4 Å². The van der Waals surface area contributed by atoms with Crippen LogP contribution < -0.4 is 10.0 Å². The second-order valence-electron chi connectivity index (χ2n) is 5.76. The average molecular weight is 421 g/mol. The number of benzene rings is 3. The number of hydrogen-bond donors (Lipinski definition) is 3. The minimum atomic E-state index is -4.01. The Hall–Kier alpha value is -3.10. The lowest BCUT2D eigenvalue weighted by atomic mass is 10.2. The van der Waals surface area contributed by atoms with Gasteiger partial charge in [-0.05, 0) is 54.6 Å². The number of sulfonamides is 1. The number of hydrogen-bond acceptors (Lipinski definition) is 4. The molecule has 144 valence electrons. The van der Waals surface area contributed by atoms with E-state index in [1.807, 2.05) is 0 Å². The van der Waals surface area contributed by atoms with Gasteiger partial charge >= 0.3 is 0 Å². The van der Waals surface area contributed by atoms with Gasteiger partial charge in [0.25, 0.3) is 15.9 Å². The topological polar surface area (TPSA) is 95.5 Å². The highest BCUT2D eigenvalue weighted by atomic mass is 35.5. The van der Waals surface area contributed by atoms with Gasteiger partial charge < -0.3 is 10.4 Å². The molecular formula is C19H14ClFN2O4S. The number of carbonyl (C=O) groups excluding carboxylic acids is 1. The Morgan fingerprint density at radius 3 is 2.46 bits per heavy atom. The van der Waals surface area contributed by atoms with Crippen LogP contribution in [0.3, 0.4) is 0 Å². The van der Waals surface area contributed by atoms with Gasteiger partial charge in [-0.2, -0.15) is 0 Å². The van der Waals surface area contributed by atoms with Crippen LogP contribution in [-0.4, -0.2) is 19.4 Å². The van der Waals surface area contributed by atoms with Crippen molar-refractivity contribution in [3.63, 3.8) is 0 Å². The summed E-state index contributed by atoms with van der Waals surface area (Å²) in [5.41, 5.74) is 0.138. The molecule has 28 heavy (non-hydrogen) atoms. The number of amides is 1. The van der Waals surface area contributed by atoms with E-state index in [0.29, 0.717) is 5.02 Å². The zero-order valence-electron chi connectivity index (χ0n) is 14.2. The molecule has 0 aromatic heterocycles. The molecule has 0 aliphatic rings. The molecule has 0 atom stereocenters. The molecule has 3 rings (SSSR count). The first kappa shape index (κ1) is 19.7. The van der Waals surface area contributed by atoms with E-state index in [9.17, 15) is 22.7 Å². The number of phenolic OH excluding ortho intramolecular Hbond substituents is 1. The maximum atomic E-state index is 13.3. The Morgan fingerprint density at radius 2 is 1.75 bits per heavy atom. The minimum absolute atomic E-state index is 0.0183. The Morgan fingerprint density at radius 1 is 1.00 bits per heavy atom. The first-order valence-electron chi connectivity index (χ1n) is 7.93. The molecule has 0 fully saturated rings. The quantitative estimate of drug-likeness (QED) is 0.538. The standard InChI is InChI=1S/C19H14ClFN2O4S/c20-13-4-2-6-15(10-13)23-28(26,27)16-7-8-18(24)17(11-16)22-19(25)12-3-1-5-14(21)9-12/h1-11,23-24H,(H,22,25). The lowest BCUT2D eigenvalue weighted by molar-refractivity contribution is 0.102. The van der Waals surface area contributed by atoms with Crippen molar-refractivity contribution in [3.05, 3.63) is 83.1 Å². The summed E-state index contributed by atoms with van der Waals surface area (Å²) < 4.78 is 40.8. The summed E-state index contributed by atoms with van der Waals surface area (Å²) in [6, 6.07) is 14.5. The van der Waals surface area contributed by atoms with Gasteiger partial charge in [0.05, 0.1) is 16.3 Å². The maximum absolute atomic E-state index is 13.3. The van der Waals surface area contributed by atoms with Gasteiger partial charge in [0.1, 0.15) is 11.6 Å².